The van der Waals surface area contributed by atoms with Crippen LogP contribution in [0.25, 0.3) is 22.3 Å². The first-order valence-corrected chi connectivity index (χ1v) is 19.4. The quantitative estimate of drug-likeness (QED) is 0.0853. The fraction of sp³-hybridized carbons (Fsp3) is 0.425. The van der Waals surface area contributed by atoms with Gasteiger partial charge in [0.15, 0.2) is 24.0 Å². The van der Waals surface area contributed by atoms with Gasteiger partial charge in [-0.1, -0.05) is 18.2 Å². The minimum absolute atomic E-state index is 0.304. The highest BCUT2D eigenvalue weighted by Crippen LogP contribution is 2.36. The van der Waals surface area contributed by atoms with Crippen molar-refractivity contribution in [3.63, 3.8) is 0 Å². The zero-order chi connectivity index (χ0) is 46.8. The average Bonchev–Trinajstić information content (AvgIpc) is 3.63. The number of aliphatic hydroxyl groups excluding tert-OH is 3. The Morgan fingerprint density at radius 2 is 1.10 bits per heavy atom. The van der Waals surface area contributed by atoms with E-state index in [1.807, 2.05) is 54.6 Å². The molecule has 23 nitrogen and oxygen atoms in total. The number of aliphatic hydroxyl groups is 3. The number of aromatic nitrogens is 4. The van der Waals surface area contributed by atoms with Gasteiger partial charge in [0.2, 0.25) is 0 Å². The van der Waals surface area contributed by atoms with Crippen LogP contribution in [-0.4, -0.2) is 169 Å². The van der Waals surface area contributed by atoms with E-state index in [0.717, 1.165) is 59.7 Å². The third-order valence-corrected chi connectivity index (χ3v) is 9.63. The third kappa shape index (κ3) is 16.5. The first-order chi connectivity index (χ1) is 29.8. The fourth-order valence-corrected chi connectivity index (χ4v) is 6.37. The summed E-state index contributed by atoms with van der Waals surface area (Å²) < 4.78 is 8.06. The number of anilines is 1. The molecular formula is C40H51N7O16. The number of carbonyl (C=O) groups is 6. The fourth-order valence-electron chi connectivity index (χ4n) is 6.37. The largest absolute Gasteiger partial charge is 0.481 e. The summed E-state index contributed by atoms with van der Waals surface area (Å²) in [7, 11) is 2.22. The number of nitrogens with zero attached hydrogens (tertiary/aromatic N) is 6. The Labute approximate surface area is 359 Å². The van der Waals surface area contributed by atoms with Gasteiger partial charge in [0.25, 0.3) is 0 Å². The van der Waals surface area contributed by atoms with Gasteiger partial charge in [-0.25, -0.2) is 29.0 Å². The predicted molar refractivity (Wildman–Crippen MR) is 220 cm³/mol. The van der Waals surface area contributed by atoms with Crippen LogP contribution in [0.1, 0.15) is 51.0 Å². The summed E-state index contributed by atoms with van der Waals surface area (Å²) >= 11 is 0. The molecule has 63 heavy (non-hydrogen) atoms. The number of piperidine rings is 2. The van der Waals surface area contributed by atoms with Crippen LogP contribution in [0.3, 0.4) is 0 Å². The van der Waals surface area contributed by atoms with E-state index in [1.54, 1.807) is 6.33 Å². The summed E-state index contributed by atoms with van der Waals surface area (Å²) in [5.74, 6) is -6.48. The van der Waals surface area contributed by atoms with Crippen LogP contribution < -0.4 is 10.5 Å². The maximum Gasteiger partial charge on any atom is 0.333 e. The van der Waals surface area contributed by atoms with E-state index in [4.69, 9.17) is 61.5 Å². The Balaban J connectivity index is 0.000000319. The van der Waals surface area contributed by atoms with E-state index in [-0.39, 0.29) is 0 Å². The molecular weight excluding hydrogens is 834 g/mol. The number of carboxylic acids is 6. The van der Waals surface area contributed by atoms with Gasteiger partial charge in [0.05, 0.1) is 30.7 Å². The van der Waals surface area contributed by atoms with Gasteiger partial charge in [-0.05, 0) is 82.2 Å². The van der Waals surface area contributed by atoms with E-state index in [0.29, 0.717) is 17.9 Å². The van der Waals surface area contributed by atoms with Crippen LogP contribution in [0.2, 0.25) is 0 Å². The van der Waals surface area contributed by atoms with E-state index in [9.17, 15) is 28.8 Å². The molecule has 6 rings (SSSR count). The summed E-state index contributed by atoms with van der Waals surface area (Å²) in [5.41, 5.74) is 8.98. The van der Waals surface area contributed by atoms with Crippen LogP contribution >= 0.6 is 0 Å². The van der Waals surface area contributed by atoms with E-state index in [1.165, 1.54) is 25.9 Å². The highest BCUT2D eigenvalue weighted by atomic mass is 16.5. The number of carboxylic acid groups (broad SMARTS) is 6. The minimum Gasteiger partial charge on any atom is -0.481 e. The zero-order valence-corrected chi connectivity index (χ0v) is 34.1. The van der Waals surface area contributed by atoms with Crippen molar-refractivity contribution in [3.05, 3.63) is 60.9 Å². The van der Waals surface area contributed by atoms with Gasteiger partial charge in [-0.2, -0.15) is 5.10 Å². The molecule has 342 valence electrons. The van der Waals surface area contributed by atoms with E-state index in [2.05, 4.69) is 31.5 Å². The Morgan fingerprint density at radius 1 is 0.651 bits per heavy atom. The number of benzene rings is 2. The molecule has 2 aromatic carbocycles. The number of rotatable bonds is 14. The van der Waals surface area contributed by atoms with Crippen molar-refractivity contribution >= 4 is 52.7 Å². The lowest BCUT2D eigenvalue weighted by Gasteiger charge is -2.41. The molecule has 2 fully saturated rings. The standard InChI is InChI=1S/C28H33N7O.3C4H6O5/c1-33-15-11-21(12-16-33)34-17-13-22(14-18-34)35-28-25(27(29)30-19-31-28)26(32-35)20-7-9-24(10-8-20)36-23-5-3-2-4-6-23;3*5-2(4(8)9)1-3(6)7/h2-10,19,21-22H,11-18H2,1H3,(H2,29,30,31);3*2,5H,1H2,(H,6,7)(H,8,9). The van der Waals surface area contributed by atoms with Crippen molar-refractivity contribution in [2.45, 2.75) is 75.3 Å². The highest BCUT2D eigenvalue weighted by molar-refractivity contribution is 5.98. The molecule has 2 aliphatic heterocycles. The molecule has 3 atom stereocenters. The van der Waals surface area contributed by atoms with Crippen LogP contribution in [0, 0.1) is 0 Å². The summed E-state index contributed by atoms with van der Waals surface area (Å²) in [6.07, 6.45) is -1.42. The van der Waals surface area contributed by atoms with Gasteiger partial charge < -0.3 is 66.2 Å². The third-order valence-electron chi connectivity index (χ3n) is 9.63. The second kappa shape index (κ2) is 24.6. The van der Waals surface area contributed by atoms with Crippen LogP contribution in [0.4, 0.5) is 5.82 Å². The molecule has 23 heteroatoms. The molecule has 4 aromatic rings. The molecule has 0 aliphatic carbocycles. The summed E-state index contributed by atoms with van der Waals surface area (Å²) in [4.78, 5) is 72.3. The molecule has 0 bridgehead atoms. The number of fused-ring (bicyclic) bond motifs is 1. The molecule has 4 heterocycles. The highest BCUT2D eigenvalue weighted by Gasteiger charge is 2.30. The molecule has 11 N–H and O–H groups in total. The monoisotopic (exact) mass is 885 g/mol. The molecule has 2 aliphatic rings. The smallest absolute Gasteiger partial charge is 0.333 e. The lowest BCUT2D eigenvalue weighted by Crippen LogP contribution is -2.47. The maximum absolute atomic E-state index is 9.72. The van der Waals surface area contributed by atoms with E-state index < -0.39 is 73.4 Å². The Kier molecular flexibility index (Phi) is 19.7. The van der Waals surface area contributed by atoms with Crippen molar-refractivity contribution in [3.8, 4) is 22.8 Å². The Morgan fingerprint density at radius 3 is 1.52 bits per heavy atom. The molecule has 2 saturated heterocycles. The van der Waals surface area contributed by atoms with E-state index >= 15 is 0 Å². The lowest BCUT2D eigenvalue weighted by molar-refractivity contribution is -0.153. The predicted octanol–water partition coefficient (Wildman–Crippen LogP) is 1.32. The van der Waals surface area contributed by atoms with Crippen molar-refractivity contribution in [2.75, 3.05) is 39.0 Å². The second-order valence-corrected chi connectivity index (χ2v) is 14.3. The molecule has 0 saturated carbocycles. The number of ether oxygens (including phenoxy) is 1. The zero-order valence-electron chi connectivity index (χ0n) is 34.1. The molecule has 0 amide bonds. The van der Waals surface area contributed by atoms with Crippen LogP contribution in [0.15, 0.2) is 60.9 Å². The van der Waals surface area contributed by atoms with Gasteiger partial charge in [-0.15, -0.1) is 0 Å². The van der Waals surface area contributed by atoms with Gasteiger partial charge in [0.1, 0.15) is 29.3 Å². The number of nitrogen functional groups attached to an aromatic ring is 1. The van der Waals surface area contributed by atoms with Gasteiger partial charge in [-0.3, -0.25) is 14.4 Å². The first-order valence-electron chi connectivity index (χ1n) is 19.4. The SMILES string of the molecule is CN1CCC(N2CCC(n3nc(-c4ccc(Oc5ccccc5)cc4)c4c(N)ncnc43)CC2)CC1.O=C(O)CC(O)C(=O)O.O=C(O)CC(O)C(=O)O.O=C(O)CC(O)C(=O)O. The molecule has 0 radical (unpaired) electrons. The summed E-state index contributed by atoms with van der Waals surface area (Å²) in [5, 5.41) is 78.3. The minimum atomic E-state index is -1.79. The second-order valence-electron chi connectivity index (χ2n) is 14.3. The Hall–Kier alpha value is -6.79. The number of nitrogens with two attached hydrogens (primary N) is 1. The van der Waals surface area contributed by atoms with Crippen molar-refractivity contribution < 1.29 is 79.5 Å². The number of para-hydroxylation sites is 1. The van der Waals surface area contributed by atoms with Gasteiger partial charge >= 0.3 is 35.8 Å². The topological polar surface area (TPSA) is 370 Å². The van der Waals surface area contributed by atoms with Crippen molar-refractivity contribution in [1.29, 1.82) is 0 Å². The molecule has 2 aromatic heterocycles. The summed E-state index contributed by atoms with van der Waals surface area (Å²) in [6, 6.07) is 18.8. The Bertz CT molecular complexity index is 2060. The van der Waals surface area contributed by atoms with Crippen LogP contribution in [-0.2, 0) is 28.8 Å². The number of hydrogen-bond donors (Lipinski definition) is 10. The molecule has 3 unspecified atom stereocenters. The van der Waals surface area contributed by atoms with Crippen LogP contribution in [0.5, 0.6) is 11.5 Å². The van der Waals surface area contributed by atoms with Gasteiger partial charge in [0, 0.05) is 24.7 Å². The van der Waals surface area contributed by atoms with Crippen molar-refractivity contribution in [2.24, 2.45) is 0 Å². The average molecular weight is 886 g/mol. The molecule has 0 spiro atoms. The number of likely N-dealkylation sites (tertiary alicyclic amines) is 2. The first kappa shape index (κ1) is 50.6. The van der Waals surface area contributed by atoms with Crippen molar-refractivity contribution in [1.82, 2.24) is 29.5 Å². The summed E-state index contributed by atoms with van der Waals surface area (Å²) in [6.45, 7) is 4.59. The number of aliphatic carboxylic acids is 6. The normalized spacial score (nSPS) is 16.0. The maximum atomic E-state index is 9.72. The number of hydrogen-bond acceptors (Lipinski definition) is 16. The lowest BCUT2D eigenvalue weighted by atomic mass is 9.98.